The quantitative estimate of drug-likeness (QED) is 0.677. The Bertz CT molecular complexity index is 1030. The van der Waals surface area contributed by atoms with Crippen LogP contribution in [-0.4, -0.2) is 41.1 Å². The maximum atomic E-state index is 13.5. The van der Waals surface area contributed by atoms with E-state index in [1.807, 2.05) is 0 Å². The number of piperazine rings is 1. The first-order valence-electron chi connectivity index (χ1n) is 8.58. The van der Waals surface area contributed by atoms with Crippen LogP contribution in [0.25, 0.3) is 22.2 Å². The van der Waals surface area contributed by atoms with Crippen LogP contribution in [0.3, 0.4) is 0 Å². The normalized spacial score (nSPS) is 15.2. The largest absolute Gasteiger partial charge is 0.418 e. The molecule has 0 spiro atoms. The first-order valence-corrected chi connectivity index (χ1v) is 8.96. The van der Waals surface area contributed by atoms with Crippen molar-refractivity contribution in [2.24, 2.45) is 0 Å². The van der Waals surface area contributed by atoms with Crippen molar-refractivity contribution in [3.63, 3.8) is 0 Å². The van der Waals surface area contributed by atoms with Crippen LogP contribution in [0.15, 0.2) is 30.6 Å². The maximum Gasteiger partial charge on any atom is 0.418 e. The molecule has 28 heavy (non-hydrogen) atoms. The van der Waals surface area contributed by atoms with E-state index in [-0.39, 0.29) is 22.1 Å². The van der Waals surface area contributed by atoms with Gasteiger partial charge in [0.05, 0.1) is 21.8 Å². The molecule has 0 unspecified atom stereocenters. The number of benzene rings is 1. The van der Waals surface area contributed by atoms with E-state index in [0.29, 0.717) is 16.7 Å². The van der Waals surface area contributed by atoms with Gasteiger partial charge in [-0.2, -0.15) is 13.2 Å². The Labute approximate surface area is 163 Å². The van der Waals surface area contributed by atoms with E-state index < -0.39 is 11.7 Å². The number of hydrogen-bond donors (Lipinski definition) is 2. The van der Waals surface area contributed by atoms with Crippen LogP contribution in [-0.2, 0) is 6.18 Å². The monoisotopic (exact) mass is 408 g/mol. The summed E-state index contributed by atoms with van der Waals surface area (Å²) < 4.78 is 40.4. The van der Waals surface area contributed by atoms with Crippen molar-refractivity contribution in [3.8, 4) is 11.3 Å². The Morgan fingerprint density at radius 1 is 1.11 bits per heavy atom. The van der Waals surface area contributed by atoms with Crippen molar-refractivity contribution in [2.45, 2.75) is 6.18 Å². The molecular formula is C18H16ClF3N6. The van der Waals surface area contributed by atoms with Gasteiger partial charge in [-0.05, 0) is 24.3 Å². The molecule has 0 aliphatic carbocycles. The fourth-order valence-electron chi connectivity index (χ4n) is 3.28. The van der Waals surface area contributed by atoms with Gasteiger partial charge in [-0.3, -0.25) is 0 Å². The highest BCUT2D eigenvalue weighted by atomic mass is 35.5. The average molecular weight is 409 g/mol. The predicted octanol–water partition coefficient (Wildman–Crippen LogP) is 3.36. The molecule has 1 aliphatic rings. The lowest BCUT2D eigenvalue weighted by Crippen LogP contribution is -2.44. The van der Waals surface area contributed by atoms with Crippen LogP contribution in [0.1, 0.15) is 5.56 Å². The third kappa shape index (κ3) is 3.43. The molecule has 3 N–H and O–H groups in total. The molecule has 6 nitrogen and oxygen atoms in total. The van der Waals surface area contributed by atoms with Gasteiger partial charge in [-0.25, -0.2) is 15.0 Å². The first kappa shape index (κ1) is 18.7. The predicted molar refractivity (Wildman–Crippen MR) is 102 cm³/mol. The summed E-state index contributed by atoms with van der Waals surface area (Å²) in [4.78, 5) is 14.6. The van der Waals surface area contributed by atoms with E-state index in [2.05, 4.69) is 25.2 Å². The third-order valence-electron chi connectivity index (χ3n) is 4.60. The smallest absolute Gasteiger partial charge is 0.384 e. The number of hydrogen-bond acceptors (Lipinski definition) is 6. The highest BCUT2D eigenvalue weighted by Crippen LogP contribution is 2.40. The van der Waals surface area contributed by atoms with Crippen LogP contribution in [0.4, 0.5) is 24.8 Å². The minimum absolute atomic E-state index is 0.0247. The molecule has 0 radical (unpaired) electrons. The fourth-order valence-corrected chi connectivity index (χ4v) is 3.53. The van der Waals surface area contributed by atoms with Crippen LogP contribution in [0, 0.1) is 0 Å². The molecule has 10 heteroatoms. The van der Waals surface area contributed by atoms with E-state index >= 15 is 0 Å². The van der Waals surface area contributed by atoms with E-state index in [1.54, 1.807) is 6.07 Å². The SMILES string of the molecule is Nc1ccc(C(F)(F)F)c(-c2cc3ncnc(N4CCNCC4)c3cc2Cl)n1. The molecule has 0 amide bonds. The Hall–Kier alpha value is -2.65. The molecule has 4 rings (SSSR count). The molecule has 1 fully saturated rings. The fraction of sp³-hybridized carbons (Fsp3) is 0.278. The van der Waals surface area contributed by atoms with Crippen molar-refractivity contribution in [2.75, 3.05) is 36.8 Å². The number of halogens is 4. The first-order chi connectivity index (χ1) is 13.3. The maximum absolute atomic E-state index is 13.5. The number of aromatic nitrogens is 3. The molecule has 0 bridgehead atoms. The van der Waals surface area contributed by atoms with Crippen LogP contribution in [0.2, 0.25) is 5.02 Å². The molecule has 0 saturated carbocycles. The molecule has 2 aromatic heterocycles. The molecule has 3 heterocycles. The van der Waals surface area contributed by atoms with Gasteiger partial charge in [0.15, 0.2) is 0 Å². The summed E-state index contributed by atoms with van der Waals surface area (Å²) in [6.45, 7) is 3.17. The minimum Gasteiger partial charge on any atom is -0.384 e. The van der Waals surface area contributed by atoms with Gasteiger partial charge in [0, 0.05) is 37.1 Å². The van der Waals surface area contributed by atoms with Crippen molar-refractivity contribution < 1.29 is 13.2 Å². The van der Waals surface area contributed by atoms with Crippen LogP contribution in [0.5, 0.6) is 0 Å². The second-order valence-electron chi connectivity index (χ2n) is 6.41. The number of anilines is 2. The third-order valence-corrected chi connectivity index (χ3v) is 4.91. The number of nitrogen functional groups attached to an aromatic ring is 1. The molecule has 1 aliphatic heterocycles. The summed E-state index contributed by atoms with van der Waals surface area (Å²) in [5, 5.41) is 4.07. The molecule has 146 valence electrons. The zero-order valence-electron chi connectivity index (χ0n) is 14.6. The highest BCUT2D eigenvalue weighted by Gasteiger charge is 2.35. The highest BCUT2D eigenvalue weighted by molar-refractivity contribution is 6.34. The van der Waals surface area contributed by atoms with Gasteiger partial charge < -0.3 is 16.0 Å². The number of nitrogens with one attached hydrogen (secondary N) is 1. The molecule has 1 saturated heterocycles. The van der Waals surface area contributed by atoms with E-state index in [1.165, 1.54) is 12.4 Å². The van der Waals surface area contributed by atoms with Gasteiger partial charge in [-0.1, -0.05) is 11.6 Å². The summed E-state index contributed by atoms with van der Waals surface area (Å²) in [5.74, 6) is 0.680. The second kappa shape index (κ2) is 7.06. The number of rotatable bonds is 2. The van der Waals surface area contributed by atoms with E-state index in [9.17, 15) is 13.2 Å². The molecular weight excluding hydrogens is 393 g/mol. The van der Waals surface area contributed by atoms with Crippen molar-refractivity contribution >= 4 is 34.1 Å². The summed E-state index contributed by atoms with van der Waals surface area (Å²) >= 11 is 6.39. The number of fused-ring (bicyclic) bond motifs is 1. The average Bonchev–Trinajstić information content (AvgIpc) is 2.66. The van der Waals surface area contributed by atoms with E-state index in [0.717, 1.165) is 38.3 Å². The lowest BCUT2D eigenvalue weighted by molar-refractivity contribution is -0.137. The van der Waals surface area contributed by atoms with Crippen molar-refractivity contribution in [3.05, 3.63) is 41.2 Å². The van der Waals surface area contributed by atoms with Gasteiger partial charge in [0.2, 0.25) is 0 Å². The Morgan fingerprint density at radius 2 is 1.86 bits per heavy atom. The lowest BCUT2D eigenvalue weighted by Gasteiger charge is -2.29. The van der Waals surface area contributed by atoms with Crippen LogP contribution < -0.4 is 16.0 Å². The van der Waals surface area contributed by atoms with Gasteiger partial charge in [-0.15, -0.1) is 0 Å². The number of nitrogens with two attached hydrogens (primary N) is 1. The summed E-state index contributed by atoms with van der Waals surface area (Å²) in [5.41, 5.74) is 5.02. The number of nitrogens with zero attached hydrogens (tertiary/aromatic N) is 4. The lowest BCUT2D eigenvalue weighted by atomic mass is 10.0. The molecule has 0 atom stereocenters. The molecule has 3 aromatic rings. The standard InChI is InChI=1S/C18H16ClF3N6/c19-13-7-11-14(25-9-26-17(11)28-5-3-24-4-6-28)8-10(13)16-12(18(20,21)22)1-2-15(23)27-16/h1-2,7-9,24H,3-6H2,(H2,23,27). The zero-order chi connectivity index (χ0) is 19.9. The van der Waals surface area contributed by atoms with Crippen molar-refractivity contribution in [1.82, 2.24) is 20.3 Å². The van der Waals surface area contributed by atoms with Crippen LogP contribution >= 0.6 is 11.6 Å². The van der Waals surface area contributed by atoms with Gasteiger partial charge in [0.25, 0.3) is 0 Å². The van der Waals surface area contributed by atoms with Gasteiger partial charge in [0.1, 0.15) is 18.0 Å². The molecule has 1 aromatic carbocycles. The second-order valence-corrected chi connectivity index (χ2v) is 6.82. The Morgan fingerprint density at radius 3 is 2.57 bits per heavy atom. The summed E-state index contributed by atoms with van der Waals surface area (Å²) in [7, 11) is 0. The van der Waals surface area contributed by atoms with Crippen molar-refractivity contribution in [1.29, 1.82) is 0 Å². The summed E-state index contributed by atoms with van der Waals surface area (Å²) in [6.07, 6.45) is -3.19. The van der Waals surface area contributed by atoms with E-state index in [4.69, 9.17) is 17.3 Å². The van der Waals surface area contributed by atoms with Gasteiger partial charge >= 0.3 is 6.18 Å². The Balaban J connectivity index is 1.89. The summed E-state index contributed by atoms with van der Waals surface area (Å²) in [6, 6.07) is 5.12. The topological polar surface area (TPSA) is 80.0 Å². The number of alkyl halides is 3. The minimum atomic E-state index is -4.59. The zero-order valence-corrected chi connectivity index (χ0v) is 15.3. The number of pyridine rings is 1. The Kier molecular flexibility index (Phi) is 4.72.